The van der Waals surface area contributed by atoms with E-state index < -0.39 is 0 Å². The number of piperidine rings is 1. The third-order valence-corrected chi connectivity index (χ3v) is 5.60. The third kappa shape index (κ3) is 5.15. The molecule has 0 saturated carbocycles. The lowest BCUT2D eigenvalue weighted by atomic mass is 9.98. The van der Waals surface area contributed by atoms with Crippen molar-refractivity contribution in [2.75, 3.05) is 18.8 Å². The van der Waals surface area contributed by atoms with Gasteiger partial charge in [0, 0.05) is 59.2 Å². The van der Waals surface area contributed by atoms with Crippen molar-refractivity contribution < 1.29 is 4.79 Å². The highest BCUT2D eigenvalue weighted by Crippen LogP contribution is 2.20. The van der Waals surface area contributed by atoms with Crippen molar-refractivity contribution in [2.24, 2.45) is 0 Å². The molecule has 1 fully saturated rings. The number of hydrogen-bond donors (Lipinski definition) is 3. The number of nitrogens with two attached hydrogens (primary N) is 1. The second kappa shape index (κ2) is 9.65. The van der Waals surface area contributed by atoms with Crippen LogP contribution >= 0.6 is 0 Å². The van der Waals surface area contributed by atoms with E-state index in [1.54, 1.807) is 48.9 Å². The number of carbonyl (C=O) groups excluding carboxylic acids is 1. The Hall–Kier alpha value is -3.65. The van der Waals surface area contributed by atoms with Crippen LogP contribution in [0, 0.1) is 12.3 Å². The van der Waals surface area contributed by atoms with Gasteiger partial charge in [-0.25, -0.2) is 9.97 Å². The molecule has 0 bridgehead atoms. The third-order valence-electron chi connectivity index (χ3n) is 5.60. The second-order valence-electron chi connectivity index (χ2n) is 8.08. The summed E-state index contributed by atoms with van der Waals surface area (Å²) in [6, 6.07) is 10.5. The minimum absolute atomic E-state index is 0.0447. The first kappa shape index (κ1) is 21.6. The number of anilines is 1. The van der Waals surface area contributed by atoms with Crippen molar-refractivity contribution in [3.05, 3.63) is 83.2 Å². The molecular weight excluding hydrogens is 402 g/mol. The molecule has 1 saturated heterocycles. The lowest BCUT2D eigenvalue weighted by Gasteiger charge is -2.32. The van der Waals surface area contributed by atoms with Gasteiger partial charge >= 0.3 is 0 Å². The fraction of sp³-hybridized carbons (Fsp3) is 0.292. The Kier molecular flexibility index (Phi) is 6.51. The van der Waals surface area contributed by atoms with Crippen molar-refractivity contribution in [1.82, 2.24) is 25.2 Å². The minimum Gasteiger partial charge on any atom is -0.398 e. The molecule has 2 aromatic heterocycles. The summed E-state index contributed by atoms with van der Waals surface area (Å²) in [5.41, 5.74) is 9.44. The maximum atomic E-state index is 13.0. The van der Waals surface area contributed by atoms with E-state index in [2.05, 4.69) is 25.2 Å². The normalized spacial score (nSPS) is 16.5. The number of aryl methyl sites for hydroxylation is 1. The molecule has 4 N–H and O–H groups in total. The molecule has 1 aliphatic rings. The van der Waals surface area contributed by atoms with Crippen LogP contribution in [0.15, 0.2) is 55.0 Å². The van der Waals surface area contributed by atoms with Gasteiger partial charge in [-0.2, -0.15) is 0 Å². The average molecular weight is 430 g/mol. The summed E-state index contributed by atoms with van der Waals surface area (Å²) in [6.07, 6.45) is 7.08. The Morgan fingerprint density at radius 3 is 2.75 bits per heavy atom. The Balaban J connectivity index is 1.44. The highest BCUT2D eigenvalue weighted by molar-refractivity contribution is 6.14. The number of carbonyl (C=O) groups is 1. The molecule has 1 aliphatic heterocycles. The van der Waals surface area contributed by atoms with E-state index >= 15 is 0 Å². The lowest BCUT2D eigenvalue weighted by molar-refractivity contribution is 0.0899. The van der Waals surface area contributed by atoms with E-state index in [1.807, 2.05) is 13.0 Å². The Labute approximate surface area is 187 Å². The van der Waals surface area contributed by atoms with Crippen LogP contribution in [0.25, 0.3) is 0 Å². The molecule has 1 aromatic carbocycles. The average Bonchev–Trinajstić information content (AvgIpc) is 2.80. The van der Waals surface area contributed by atoms with Gasteiger partial charge in [0.2, 0.25) is 0 Å². The molecule has 0 unspecified atom stereocenters. The molecule has 1 atom stereocenters. The largest absolute Gasteiger partial charge is 0.398 e. The van der Waals surface area contributed by atoms with E-state index in [4.69, 9.17) is 11.1 Å². The zero-order valence-electron chi connectivity index (χ0n) is 18.1. The van der Waals surface area contributed by atoms with Crippen molar-refractivity contribution >= 4 is 17.3 Å². The smallest absolute Gasteiger partial charge is 0.251 e. The van der Waals surface area contributed by atoms with Crippen LogP contribution < -0.4 is 11.1 Å². The summed E-state index contributed by atoms with van der Waals surface area (Å²) >= 11 is 0. The number of pyridine rings is 1. The van der Waals surface area contributed by atoms with Crippen molar-refractivity contribution in [2.45, 2.75) is 32.4 Å². The van der Waals surface area contributed by atoms with E-state index in [0.29, 0.717) is 28.9 Å². The number of nitrogens with zero attached hydrogens (tertiary/aromatic N) is 4. The van der Waals surface area contributed by atoms with E-state index in [0.717, 1.165) is 37.4 Å². The quantitative estimate of drug-likeness (QED) is 0.409. The maximum Gasteiger partial charge on any atom is 0.251 e. The molecule has 8 nitrogen and oxygen atoms in total. The van der Waals surface area contributed by atoms with Gasteiger partial charge < -0.3 is 11.1 Å². The minimum atomic E-state index is -0.159. The first-order chi connectivity index (χ1) is 15.5. The number of likely N-dealkylation sites (tertiary alicyclic amines) is 1. The van der Waals surface area contributed by atoms with Gasteiger partial charge in [0.1, 0.15) is 5.82 Å². The van der Waals surface area contributed by atoms with Crippen molar-refractivity contribution in [1.29, 1.82) is 5.41 Å². The first-order valence-corrected chi connectivity index (χ1v) is 10.7. The van der Waals surface area contributed by atoms with Gasteiger partial charge in [0.05, 0.1) is 12.3 Å². The summed E-state index contributed by atoms with van der Waals surface area (Å²) in [5, 5.41) is 11.7. The van der Waals surface area contributed by atoms with Crippen LogP contribution in [0.2, 0.25) is 0 Å². The van der Waals surface area contributed by atoms with Crippen LogP contribution in [0.4, 0.5) is 5.69 Å². The lowest BCUT2D eigenvalue weighted by Crippen LogP contribution is -2.47. The van der Waals surface area contributed by atoms with Crippen molar-refractivity contribution in [3.63, 3.8) is 0 Å². The number of rotatable bonds is 6. The van der Waals surface area contributed by atoms with Gasteiger partial charge in [-0.3, -0.25) is 20.1 Å². The molecule has 3 heterocycles. The zero-order chi connectivity index (χ0) is 22.5. The Morgan fingerprint density at radius 1 is 1.16 bits per heavy atom. The molecule has 164 valence electrons. The fourth-order valence-corrected chi connectivity index (χ4v) is 3.97. The van der Waals surface area contributed by atoms with Gasteiger partial charge in [0.15, 0.2) is 0 Å². The predicted molar refractivity (Wildman–Crippen MR) is 124 cm³/mol. The molecule has 4 rings (SSSR count). The van der Waals surface area contributed by atoms with Gasteiger partial charge in [-0.05, 0) is 62.7 Å². The Bertz CT molecular complexity index is 1120. The summed E-state index contributed by atoms with van der Waals surface area (Å²) in [4.78, 5) is 28.0. The van der Waals surface area contributed by atoms with Crippen LogP contribution in [0.3, 0.4) is 0 Å². The molecule has 0 radical (unpaired) electrons. The number of nitrogen functional groups attached to an aromatic ring is 1. The Morgan fingerprint density at radius 2 is 1.97 bits per heavy atom. The molecule has 8 heteroatoms. The number of nitrogens with one attached hydrogen (secondary N) is 2. The summed E-state index contributed by atoms with van der Waals surface area (Å²) < 4.78 is 0. The first-order valence-electron chi connectivity index (χ1n) is 10.7. The highest BCUT2D eigenvalue weighted by atomic mass is 16.1. The van der Waals surface area contributed by atoms with Crippen LogP contribution in [0.5, 0.6) is 0 Å². The van der Waals surface area contributed by atoms with Gasteiger partial charge in [-0.1, -0.05) is 0 Å². The summed E-state index contributed by atoms with van der Waals surface area (Å²) in [6.45, 7) is 4.25. The number of benzene rings is 1. The van der Waals surface area contributed by atoms with E-state index in [1.165, 1.54) is 0 Å². The molecule has 0 spiro atoms. The molecular formula is C24H27N7O. The monoisotopic (exact) mass is 429 g/mol. The molecule has 1 amide bonds. The standard InChI is InChI=1S/C24H27N7O/c1-16-12-17(7-10-27-16)23(26)20-13-18(5-6-21(20)25)24(32)30-19-4-2-11-31(14-19)15-22-28-8-3-9-29-22/h3,5-10,12-13,19,26H,2,4,11,14-15,25H2,1H3,(H,30,32)/t19-/m0/s1. The van der Waals surface area contributed by atoms with Gasteiger partial charge in [0.25, 0.3) is 5.91 Å². The number of aromatic nitrogens is 3. The van der Waals surface area contributed by atoms with E-state index in [9.17, 15) is 4.79 Å². The molecule has 32 heavy (non-hydrogen) atoms. The van der Waals surface area contributed by atoms with Crippen molar-refractivity contribution in [3.8, 4) is 0 Å². The molecule has 0 aliphatic carbocycles. The molecule has 3 aromatic rings. The van der Waals surface area contributed by atoms with Crippen LogP contribution in [-0.4, -0.2) is 50.6 Å². The highest BCUT2D eigenvalue weighted by Gasteiger charge is 2.23. The number of hydrogen-bond acceptors (Lipinski definition) is 7. The van der Waals surface area contributed by atoms with Gasteiger partial charge in [-0.15, -0.1) is 0 Å². The van der Waals surface area contributed by atoms with E-state index in [-0.39, 0.29) is 17.7 Å². The predicted octanol–water partition coefficient (Wildman–Crippen LogP) is 2.57. The summed E-state index contributed by atoms with van der Waals surface area (Å²) in [5.74, 6) is 0.625. The zero-order valence-corrected chi connectivity index (χ0v) is 18.1. The maximum absolute atomic E-state index is 13.0. The fourth-order valence-electron chi connectivity index (χ4n) is 3.97. The second-order valence-corrected chi connectivity index (χ2v) is 8.08. The number of amides is 1. The summed E-state index contributed by atoms with van der Waals surface area (Å²) in [7, 11) is 0. The van der Waals surface area contributed by atoms with Crippen LogP contribution in [-0.2, 0) is 6.54 Å². The van der Waals surface area contributed by atoms with Crippen LogP contribution in [0.1, 0.15) is 45.8 Å². The SMILES string of the molecule is Cc1cc(C(=N)c2cc(C(=O)N[C@H]3CCCN(Cc4ncccn4)C3)ccc2N)ccn1. The topological polar surface area (TPSA) is 121 Å².